The van der Waals surface area contributed by atoms with Crippen LogP contribution >= 0.6 is 0 Å². The van der Waals surface area contributed by atoms with E-state index in [9.17, 15) is 0 Å². The quantitative estimate of drug-likeness (QED) is 0.825. The van der Waals surface area contributed by atoms with Gasteiger partial charge in [0.05, 0.1) is 17.1 Å². The minimum Gasteiger partial charge on any atom is -0.379 e. The number of nitrogens with zero attached hydrogens (tertiary/aromatic N) is 2. The molecule has 1 aliphatic rings. The average molecular weight is 207 g/mol. The lowest BCUT2D eigenvalue weighted by molar-refractivity contribution is 0.445. The Morgan fingerprint density at radius 1 is 1.33 bits per heavy atom. The summed E-state index contributed by atoms with van der Waals surface area (Å²) >= 11 is 0. The van der Waals surface area contributed by atoms with Crippen LogP contribution in [0.15, 0.2) is 0 Å². The molecule has 0 saturated heterocycles. The SMILES string of the molecule is Cc1nn(C(C)C)c(C)c1NC1CCC1. The summed E-state index contributed by atoms with van der Waals surface area (Å²) in [5.74, 6) is 0. The van der Waals surface area contributed by atoms with Crippen LogP contribution in [0.4, 0.5) is 5.69 Å². The highest BCUT2D eigenvalue weighted by Crippen LogP contribution is 2.28. The maximum absolute atomic E-state index is 4.58. The Labute approximate surface area is 91.9 Å². The molecule has 84 valence electrons. The first-order valence-electron chi connectivity index (χ1n) is 5.92. The predicted molar refractivity (Wildman–Crippen MR) is 63.3 cm³/mol. The molecule has 15 heavy (non-hydrogen) atoms. The minimum absolute atomic E-state index is 0.445. The molecule has 3 heteroatoms. The van der Waals surface area contributed by atoms with Crippen molar-refractivity contribution in [3.63, 3.8) is 0 Å². The zero-order chi connectivity index (χ0) is 11.0. The van der Waals surface area contributed by atoms with Crippen molar-refractivity contribution in [1.82, 2.24) is 9.78 Å². The fourth-order valence-electron chi connectivity index (χ4n) is 2.13. The summed E-state index contributed by atoms with van der Waals surface area (Å²) in [4.78, 5) is 0. The topological polar surface area (TPSA) is 29.9 Å². The molecule has 1 saturated carbocycles. The third-order valence-corrected chi connectivity index (χ3v) is 3.27. The first-order valence-corrected chi connectivity index (χ1v) is 5.92. The maximum atomic E-state index is 4.58. The molecule has 0 bridgehead atoms. The van der Waals surface area contributed by atoms with E-state index >= 15 is 0 Å². The van der Waals surface area contributed by atoms with Gasteiger partial charge in [0.15, 0.2) is 0 Å². The molecule has 0 unspecified atom stereocenters. The summed E-state index contributed by atoms with van der Waals surface area (Å²) < 4.78 is 2.11. The van der Waals surface area contributed by atoms with Crippen LogP contribution in [0.1, 0.15) is 50.5 Å². The number of rotatable bonds is 3. The van der Waals surface area contributed by atoms with Crippen molar-refractivity contribution in [3.8, 4) is 0 Å². The predicted octanol–water partition coefficient (Wildman–Crippen LogP) is 3.05. The number of hydrogen-bond acceptors (Lipinski definition) is 2. The number of hydrogen-bond donors (Lipinski definition) is 1. The molecule has 1 aromatic heterocycles. The summed E-state index contributed by atoms with van der Waals surface area (Å²) in [7, 11) is 0. The van der Waals surface area contributed by atoms with Crippen LogP contribution in [0, 0.1) is 13.8 Å². The fourth-order valence-corrected chi connectivity index (χ4v) is 2.13. The summed E-state index contributed by atoms with van der Waals surface area (Å²) in [5.41, 5.74) is 3.66. The van der Waals surface area contributed by atoms with Gasteiger partial charge < -0.3 is 5.32 Å². The van der Waals surface area contributed by atoms with Gasteiger partial charge in [0, 0.05) is 12.1 Å². The molecule has 1 fully saturated rings. The van der Waals surface area contributed by atoms with E-state index in [-0.39, 0.29) is 0 Å². The smallest absolute Gasteiger partial charge is 0.0828 e. The van der Waals surface area contributed by atoms with Gasteiger partial charge in [-0.25, -0.2) is 0 Å². The van der Waals surface area contributed by atoms with Crippen LogP contribution in [0.5, 0.6) is 0 Å². The van der Waals surface area contributed by atoms with Crippen molar-refractivity contribution in [2.75, 3.05) is 5.32 Å². The van der Waals surface area contributed by atoms with Crippen molar-refractivity contribution in [1.29, 1.82) is 0 Å². The van der Waals surface area contributed by atoms with Crippen LogP contribution in [0.25, 0.3) is 0 Å². The standard InChI is InChI=1S/C12H21N3/c1-8(2)15-10(4)12(9(3)14-15)13-11-6-5-7-11/h8,11,13H,5-7H2,1-4H3. The van der Waals surface area contributed by atoms with Gasteiger partial charge >= 0.3 is 0 Å². The van der Waals surface area contributed by atoms with Gasteiger partial charge in [0.2, 0.25) is 0 Å². The molecule has 1 heterocycles. The first kappa shape index (κ1) is 10.5. The fraction of sp³-hybridized carbons (Fsp3) is 0.750. The van der Waals surface area contributed by atoms with E-state index in [0.29, 0.717) is 12.1 Å². The van der Waals surface area contributed by atoms with Crippen molar-refractivity contribution in [2.45, 2.75) is 59.0 Å². The highest BCUT2D eigenvalue weighted by atomic mass is 15.3. The second kappa shape index (κ2) is 3.87. The molecule has 0 aromatic carbocycles. The van der Waals surface area contributed by atoms with Gasteiger partial charge in [0.25, 0.3) is 0 Å². The lowest BCUT2D eigenvalue weighted by atomic mass is 9.93. The lowest BCUT2D eigenvalue weighted by Gasteiger charge is -2.27. The Hall–Kier alpha value is -0.990. The molecule has 1 N–H and O–H groups in total. The third-order valence-electron chi connectivity index (χ3n) is 3.27. The average Bonchev–Trinajstić information content (AvgIpc) is 2.36. The van der Waals surface area contributed by atoms with Crippen molar-refractivity contribution in [3.05, 3.63) is 11.4 Å². The second-order valence-corrected chi connectivity index (χ2v) is 4.86. The highest BCUT2D eigenvalue weighted by molar-refractivity contribution is 5.53. The van der Waals surface area contributed by atoms with E-state index in [1.54, 1.807) is 0 Å². The summed E-state index contributed by atoms with van der Waals surface area (Å²) in [5, 5.41) is 8.18. The molecule has 0 radical (unpaired) electrons. The third kappa shape index (κ3) is 1.87. The molecule has 1 aromatic rings. The van der Waals surface area contributed by atoms with Gasteiger partial charge in [-0.1, -0.05) is 0 Å². The Bertz CT molecular complexity index is 348. The van der Waals surface area contributed by atoms with Crippen LogP contribution < -0.4 is 5.32 Å². The van der Waals surface area contributed by atoms with Gasteiger partial charge in [-0.15, -0.1) is 0 Å². The molecule has 0 atom stereocenters. The zero-order valence-electron chi connectivity index (χ0n) is 10.2. The van der Waals surface area contributed by atoms with Crippen LogP contribution in [0.3, 0.4) is 0 Å². The van der Waals surface area contributed by atoms with E-state index in [4.69, 9.17) is 0 Å². The Morgan fingerprint density at radius 3 is 2.40 bits per heavy atom. The van der Waals surface area contributed by atoms with E-state index in [2.05, 4.69) is 42.8 Å². The van der Waals surface area contributed by atoms with Crippen LogP contribution in [0.2, 0.25) is 0 Å². The van der Waals surface area contributed by atoms with Gasteiger partial charge in [-0.2, -0.15) is 5.10 Å². The molecular formula is C12H21N3. The Balaban J connectivity index is 2.21. The van der Waals surface area contributed by atoms with E-state index in [0.717, 1.165) is 5.69 Å². The van der Waals surface area contributed by atoms with Gasteiger partial charge in [0.1, 0.15) is 0 Å². The summed E-state index contributed by atoms with van der Waals surface area (Å²) in [6.45, 7) is 8.59. The minimum atomic E-state index is 0.445. The molecule has 0 spiro atoms. The molecule has 0 amide bonds. The van der Waals surface area contributed by atoms with E-state index in [1.807, 2.05) is 0 Å². The van der Waals surface area contributed by atoms with E-state index < -0.39 is 0 Å². The molecule has 0 aliphatic heterocycles. The first-order chi connectivity index (χ1) is 7.09. The number of aryl methyl sites for hydroxylation is 1. The van der Waals surface area contributed by atoms with E-state index in [1.165, 1.54) is 30.6 Å². The van der Waals surface area contributed by atoms with Crippen molar-refractivity contribution >= 4 is 5.69 Å². The monoisotopic (exact) mass is 207 g/mol. The molecule has 1 aliphatic carbocycles. The van der Waals surface area contributed by atoms with Gasteiger partial charge in [-0.05, 0) is 47.0 Å². The molecule has 2 rings (SSSR count). The zero-order valence-corrected chi connectivity index (χ0v) is 10.2. The maximum Gasteiger partial charge on any atom is 0.0828 e. The summed E-state index contributed by atoms with van der Waals surface area (Å²) in [6.07, 6.45) is 3.99. The summed E-state index contributed by atoms with van der Waals surface area (Å²) in [6, 6.07) is 1.13. The normalized spacial score (nSPS) is 16.9. The highest BCUT2D eigenvalue weighted by Gasteiger charge is 2.21. The largest absolute Gasteiger partial charge is 0.379 e. The molecular weight excluding hydrogens is 186 g/mol. The van der Waals surface area contributed by atoms with Crippen LogP contribution in [-0.4, -0.2) is 15.8 Å². The number of nitrogens with one attached hydrogen (secondary N) is 1. The molecule has 3 nitrogen and oxygen atoms in total. The van der Waals surface area contributed by atoms with Crippen molar-refractivity contribution < 1.29 is 0 Å². The number of anilines is 1. The van der Waals surface area contributed by atoms with Crippen molar-refractivity contribution in [2.24, 2.45) is 0 Å². The number of aromatic nitrogens is 2. The lowest BCUT2D eigenvalue weighted by Crippen LogP contribution is -2.27. The Morgan fingerprint density at radius 2 is 2.00 bits per heavy atom. The van der Waals surface area contributed by atoms with Crippen LogP contribution in [-0.2, 0) is 0 Å². The van der Waals surface area contributed by atoms with Gasteiger partial charge in [-0.3, -0.25) is 4.68 Å². The second-order valence-electron chi connectivity index (χ2n) is 4.86. The Kier molecular flexibility index (Phi) is 2.72.